The number of thioether (sulfide) groups is 1. The Hall–Kier alpha value is -3.85. The number of amides is 4. The molecule has 15 heteroatoms. The monoisotopic (exact) mass is 650 g/mol. The van der Waals surface area contributed by atoms with E-state index in [-0.39, 0.29) is 29.9 Å². The molecule has 13 nitrogen and oxygen atoms in total. The second kappa shape index (κ2) is 15.8. The van der Waals surface area contributed by atoms with Gasteiger partial charge in [-0.25, -0.2) is 4.99 Å². The van der Waals surface area contributed by atoms with Gasteiger partial charge in [-0.3, -0.25) is 24.0 Å². The van der Waals surface area contributed by atoms with Crippen LogP contribution in [0.25, 0.3) is 0 Å². The Morgan fingerprint density at radius 1 is 1.12 bits per heavy atom. The quantitative estimate of drug-likeness (QED) is 0.0504. The van der Waals surface area contributed by atoms with Crippen LogP contribution in [0.3, 0.4) is 0 Å². The summed E-state index contributed by atoms with van der Waals surface area (Å²) in [5.74, 6) is -1.75. The highest BCUT2D eigenvalue weighted by atomic mass is 79.9. The summed E-state index contributed by atoms with van der Waals surface area (Å²) in [5.41, 5.74) is 11.5. The number of allylic oxidation sites excluding steroid dienone is 1. The molecule has 1 fully saturated rings. The molecule has 222 valence electrons. The lowest BCUT2D eigenvalue weighted by molar-refractivity contribution is -0.139. The number of anilines is 2. The van der Waals surface area contributed by atoms with Gasteiger partial charge in [0.25, 0.3) is 0 Å². The zero-order valence-corrected chi connectivity index (χ0v) is 25.2. The minimum atomic E-state index is -1.28. The molecule has 1 atom stereocenters. The van der Waals surface area contributed by atoms with Crippen LogP contribution in [-0.2, 0) is 24.0 Å². The largest absolute Gasteiger partial charge is 0.385 e. The number of nitrogens with two attached hydrogens (primary N) is 2. The summed E-state index contributed by atoms with van der Waals surface area (Å²) in [7, 11) is 0. The fraction of sp³-hybridized carbons (Fsp3) is 0.385. The number of halogens is 1. The third kappa shape index (κ3) is 11.3. The van der Waals surface area contributed by atoms with E-state index in [0.29, 0.717) is 46.8 Å². The van der Waals surface area contributed by atoms with Crippen molar-refractivity contribution in [2.45, 2.75) is 26.7 Å². The summed E-state index contributed by atoms with van der Waals surface area (Å²) in [6.45, 7) is 7.48. The Balaban J connectivity index is 1.76. The third-order valence-corrected chi connectivity index (χ3v) is 7.58. The van der Waals surface area contributed by atoms with E-state index in [1.165, 1.54) is 20.0 Å². The molecule has 2 rings (SSSR count). The van der Waals surface area contributed by atoms with E-state index >= 15 is 0 Å². The lowest BCUT2D eigenvalue weighted by Crippen LogP contribution is -2.46. The van der Waals surface area contributed by atoms with Gasteiger partial charge in [-0.15, -0.1) is 0 Å². The zero-order chi connectivity index (χ0) is 30.6. The van der Waals surface area contributed by atoms with Gasteiger partial charge in [-0.05, 0) is 54.4 Å². The van der Waals surface area contributed by atoms with E-state index in [9.17, 15) is 24.0 Å². The normalized spacial score (nSPS) is 15.6. The van der Waals surface area contributed by atoms with Crippen LogP contribution in [-0.4, -0.2) is 60.1 Å². The number of carbonyl (C=O) groups excluding carboxylic acids is 5. The van der Waals surface area contributed by atoms with Crippen molar-refractivity contribution in [3.63, 3.8) is 0 Å². The van der Waals surface area contributed by atoms with E-state index in [0.717, 1.165) is 11.8 Å². The van der Waals surface area contributed by atoms with Crippen molar-refractivity contribution in [3.8, 4) is 0 Å². The van der Waals surface area contributed by atoms with Crippen molar-refractivity contribution in [1.29, 1.82) is 0 Å². The van der Waals surface area contributed by atoms with Crippen LogP contribution in [0.4, 0.5) is 11.4 Å². The number of carbonyl (C=O) groups is 5. The summed E-state index contributed by atoms with van der Waals surface area (Å²) in [6.07, 6.45) is 2.22. The second-order valence-corrected chi connectivity index (χ2v) is 11.5. The predicted molar refractivity (Wildman–Crippen MR) is 164 cm³/mol. The highest BCUT2D eigenvalue weighted by molar-refractivity contribution is 9.12. The molecule has 1 heterocycles. The fourth-order valence-corrected chi connectivity index (χ4v) is 4.42. The molecule has 1 aromatic carbocycles. The van der Waals surface area contributed by atoms with E-state index in [1.807, 2.05) is 0 Å². The maximum atomic E-state index is 12.2. The summed E-state index contributed by atoms with van der Waals surface area (Å²) in [6, 6.07) is 6.77. The van der Waals surface area contributed by atoms with Gasteiger partial charge in [0.1, 0.15) is 5.41 Å². The van der Waals surface area contributed by atoms with Gasteiger partial charge in [0.2, 0.25) is 23.6 Å². The van der Waals surface area contributed by atoms with Gasteiger partial charge in [0.05, 0.1) is 16.9 Å². The van der Waals surface area contributed by atoms with Gasteiger partial charge < -0.3 is 38.1 Å². The molecule has 1 saturated heterocycles. The SMILES string of the molecule is C=C(NCCCNC(=O)C(C)(C)C(N)=O)/C(Br)=C\N=C(N)Nc1cccc(NC(=O)CNC(=O)[C@@H]2CSC(=O)C2)c1. The number of rotatable bonds is 14. The molecule has 0 aromatic heterocycles. The van der Waals surface area contributed by atoms with Gasteiger partial charge >= 0.3 is 0 Å². The molecule has 1 aliphatic rings. The Labute approximate surface area is 250 Å². The number of hydrogen-bond donors (Lipinski definition) is 7. The molecule has 0 spiro atoms. The Kier molecular flexibility index (Phi) is 12.9. The lowest BCUT2D eigenvalue weighted by Gasteiger charge is -2.19. The van der Waals surface area contributed by atoms with Crippen molar-refractivity contribution in [1.82, 2.24) is 16.0 Å². The molecule has 1 aliphatic heterocycles. The van der Waals surface area contributed by atoms with Gasteiger partial charge in [-0.2, -0.15) is 0 Å². The first-order valence-electron chi connectivity index (χ1n) is 12.6. The molecule has 0 aliphatic carbocycles. The standard InChI is InChI=1S/C26H35BrN8O5S/c1-15(30-8-5-9-31-24(40)26(2,3)23(28)39)19(27)12-33-25(29)35-18-7-4-6-17(11-18)34-20(36)13-32-22(38)16-10-21(37)41-14-16/h4,6-7,11-12,16,30H,1,5,8-10,13-14H2,2-3H3,(H2,28,39)(H,31,40)(H,32,38)(H,34,36)(H3,29,33,35)/b19-12+/t16-/m0/s1. The number of primary amides is 1. The zero-order valence-electron chi connectivity index (χ0n) is 22.8. The predicted octanol–water partition coefficient (Wildman–Crippen LogP) is 1.11. The van der Waals surface area contributed by atoms with Crippen LogP contribution in [0.5, 0.6) is 0 Å². The highest BCUT2D eigenvalue weighted by Gasteiger charge is 2.33. The Morgan fingerprint density at radius 3 is 2.41 bits per heavy atom. The number of guanidine groups is 1. The van der Waals surface area contributed by atoms with Crippen LogP contribution < -0.4 is 38.1 Å². The molecule has 4 amide bonds. The average Bonchev–Trinajstić information content (AvgIpc) is 3.36. The first-order valence-corrected chi connectivity index (χ1v) is 14.4. The van der Waals surface area contributed by atoms with Crippen molar-refractivity contribution in [3.05, 3.63) is 47.2 Å². The number of aliphatic imine (C=N–C) groups is 1. The van der Waals surface area contributed by atoms with E-state index in [1.54, 1.807) is 24.3 Å². The number of benzene rings is 1. The number of nitrogens with one attached hydrogen (secondary N) is 5. The first kappa shape index (κ1) is 33.4. The van der Waals surface area contributed by atoms with Crippen LogP contribution >= 0.6 is 27.7 Å². The Morgan fingerprint density at radius 2 is 1.78 bits per heavy atom. The molecule has 0 radical (unpaired) electrons. The minimum absolute atomic E-state index is 0.0191. The van der Waals surface area contributed by atoms with Crippen molar-refractivity contribution in [2.24, 2.45) is 27.8 Å². The molecule has 41 heavy (non-hydrogen) atoms. The van der Waals surface area contributed by atoms with Gasteiger partial charge in [0, 0.05) is 48.5 Å². The van der Waals surface area contributed by atoms with Gasteiger partial charge in [-0.1, -0.05) is 24.4 Å². The summed E-state index contributed by atoms with van der Waals surface area (Å²) >= 11 is 4.50. The van der Waals surface area contributed by atoms with Crippen LogP contribution in [0.2, 0.25) is 0 Å². The molecular formula is C26H35BrN8O5S. The second-order valence-electron chi connectivity index (χ2n) is 9.55. The maximum absolute atomic E-state index is 12.2. The van der Waals surface area contributed by atoms with Crippen molar-refractivity contribution in [2.75, 3.05) is 36.0 Å². The number of hydrogen-bond acceptors (Lipinski definition) is 8. The molecule has 0 saturated carbocycles. The molecular weight excluding hydrogens is 616 g/mol. The molecule has 9 N–H and O–H groups in total. The first-order chi connectivity index (χ1) is 19.3. The Bertz CT molecular complexity index is 1250. The van der Waals surface area contributed by atoms with Gasteiger partial charge in [0.15, 0.2) is 11.1 Å². The minimum Gasteiger partial charge on any atom is -0.385 e. The highest BCUT2D eigenvalue weighted by Crippen LogP contribution is 2.25. The van der Waals surface area contributed by atoms with Crippen LogP contribution in [0, 0.1) is 11.3 Å². The van der Waals surface area contributed by atoms with Crippen LogP contribution in [0.1, 0.15) is 26.7 Å². The third-order valence-electron chi connectivity index (χ3n) is 5.84. The van der Waals surface area contributed by atoms with E-state index < -0.39 is 29.1 Å². The van der Waals surface area contributed by atoms with Crippen molar-refractivity contribution < 1.29 is 24.0 Å². The maximum Gasteiger partial charge on any atom is 0.243 e. The average molecular weight is 652 g/mol. The summed E-state index contributed by atoms with van der Waals surface area (Å²) in [5, 5.41) is 13.9. The smallest absolute Gasteiger partial charge is 0.243 e. The summed E-state index contributed by atoms with van der Waals surface area (Å²) < 4.78 is 0.546. The topological polar surface area (TPSA) is 210 Å². The summed E-state index contributed by atoms with van der Waals surface area (Å²) in [4.78, 5) is 63.1. The van der Waals surface area contributed by atoms with E-state index in [2.05, 4.69) is 54.1 Å². The number of nitrogens with zero attached hydrogens (tertiary/aromatic N) is 1. The van der Waals surface area contributed by atoms with Crippen molar-refractivity contribution >= 4 is 73.8 Å². The van der Waals surface area contributed by atoms with Crippen LogP contribution in [0.15, 0.2) is 52.2 Å². The molecule has 0 unspecified atom stereocenters. The molecule has 1 aromatic rings. The van der Waals surface area contributed by atoms with E-state index in [4.69, 9.17) is 11.5 Å². The fourth-order valence-electron chi connectivity index (χ4n) is 3.20. The lowest BCUT2D eigenvalue weighted by atomic mass is 9.91. The molecule has 0 bridgehead atoms.